The van der Waals surface area contributed by atoms with Crippen molar-refractivity contribution in [3.8, 4) is 0 Å². The fraction of sp³-hybridized carbons (Fsp3) is 0.400. The second-order valence-corrected chi connectivity index (χ2v) is 5.26. The molecule has 0 aliphatic rings. The number of aromatic amines is 1. The Morgan fingerprint density at radius 3 is 2.79 bits per heavy atom. The van der Waals surface area contributed by atoms with Gasteiger partial charge in [-0.05, 0) is 24.5 Å². The van der Waals surface area contributed by atoms with Gasteiger partial charge in [0.25, 0.3) is 5.91 Å². The summed E-state index contributed by atoms with van der Waals surface area (Å²) in [5, 5.41) is 13.5. The zero-order valence-electron chi connectivity index (χ0n) is 11.3. The van der Waals surface area contributed by atoms with E-state index in [1.807, 2.05) is 44.2 Å². The van der Waals surface area contributed by atoms with E-state index in [2.05, 4.69) is 10.3 Å². The molecule has 1 heterocycles. The van der Waals surface area contributed by atoms with E-state index in [0.29, 0.717) is 18.0 Å². The van der Waals surface area contributed by atoms with Gasteiger partial charge in [-0.25, -0.2) is 0 Å². The molecule has 102 valence electrons. The number of para-hydroxylation sites is 1. The molecule has 0 spiro atoms. The van der Waals surface area contributed by atoms with Gasteiger partial charge in [0.15, 0.2) is 0 Å². The number of aliphatic hydroxyl groups excluding tert-OH is 1. The number of aromatic nitrogens is 1. The standard InChI is InChI=1S/C15H20N2O2/c1-10(2)7-12(18)9-16-15(19)14-8-11-5-3-4-6-13(11)17-14/h3-6,8,10,12,17-18H,7,9H2,1-2H3,(H,16,19). The average molecular weight is 260 g/mol. The normalized spacial score (nSPS) is 12.8. The van der Waals surface area contributed by atoms with Gasteiger partial charge in [0, 0.05) is 17.4 Å². The van der Waals surface area contributed by atoms with Crippen LogP contribution in [0, 0.1) is 5.92 Å². The van der Waals surface area contributed by atoms with Gasteiger partial charge in [-0.3, -0.25) is 4.79 Å². The Labute approximate surface area is 112 Å². The first-order chi connectivity index (χ1) is 9.06. The van der Waals surface area contributed by atoms with Crippen molar-refractivity contribution >= 4 is 16.8 Å². The Morgan fingerprint density at radius 1 is 1.37 bits per heavy atom. The van der Waals surface area contributed by atoms with E-state index in [9.17, 15) is 9.90 Å². The summed E-state index contributed by atoms with van der Waals surface area (Å²) < 4.78 is 0. The molecular weight excluding hydrogens is 240 g/mol. The number of hydrogen-bond donors (Lipinski definition) is 3. The van der Waals surface area contributed by atoms with Crippen molar-refractivity contribution in [2.45, 2.75) is 26.4 Å². The topological polar surface area (TPSA) is 65.1 Å². The summed E-state index contributed by atoms with van der Waals surface area (Å²) in [5.41, 5.74) is 1.47. The van der Waals surface area contributed by atoms with Crippen LogP contribution in [0.1, 0.15) is 30.8 Å². The number of carbonyl (C=O) groups excluding carboxylic acids is 1. The molecule has 0 saturated carbocycles. The van der Waals surface area contributed by atoms with Gasteiger partial charge in [0.2, 0.25) is 0 Å². The number of nitrogens with one attached hydrogen (secondary N) is 2. The number of aliphatic hydroxyl groups is 1. The highest BCUT2D eigenvalue weighted by molar-refractivity contribution is 5.97. The lowest BCUT2D eigenvalue weighted by molar-refractivity contribution is 0.0896. The number of fused-ring (bicyclic) bond motifs is 1. The van der Waals surface area contributed by atoms with Crippen LogP contribution in [0.4, 0.5) is 0 Å². The minimum atomic E-state index is -0.492. The van der Waals surface area contributed by atoms with Crippen LogP contribution in [0.5, 0.6) is 0 Å². The van der Waals surface area contributed by atoms with Gasteiger partial charge in [-0.1, -0.05) is 32.0 Å². The average Bonchev–Trinajstić information content (AvgIpc) is 2.78. The third kappa shape index (κ3) is 3.58. The number of benzene rings is 1. The summed E-state index contributed by atoms with van der Waals surface area (Å²) >= 11 is 0. The number of H-pyrrole nitrogens is 1. The van der Waals surface area contributed by atoms with Gasteiger partial charge in [-0.15, -0.1) is 0 Å². The van der Waals surface area contributed by atoms with Gasteiger partial charge >= 0.3 is 0 Å². The molecule has 0 saturated heterocycles. The molecule has 0 aliphatic carbocycles. The molecule has 19 heavy (non-hydrogen) atoms. The summed E-state index contributed by atoms with van der Waals surface area (Å²) in [6.07, 6.45) is 0.195. The van der Waals surface area contributed by atoms with Crippen molar-refractivity contribution in [1.29, 1.82) is 0 Å². The Hall–Kier alpha value is -1.81. The first kappa shape index (κ1) is 13.6. The summed E-state index contributed by atoms with van der Waals surface area (Å²) in [7, 11) is 0. The molecule has 3 N–H and O–H groups in total. The Bertz CT molecular complexity index is 527. The molecule has 1 atom stereocenters. The zero-order chi connectivity index (χ0) is 13.8. The molecule has 0 fully saturated rings. The van der Waals surface area contributed by atoms with E-state index in [1.165, 1.54) is 0 Å². The Morgan fingerprint density at radius 2 is 2.11 bits per heavy atom. The van der Waals surface area contributed by atoms with Crippen LogP contribution in [0.25, 0.3) is 10.9 Å². The summed E-state index contributed by atoms with van der Waals surface area (Å²) in [5.74, 6) is 0.235. The fourth-order valence-corrected chi connectivity index (χ4v) is 2.13. The fourth-order valence-electron chi connectivity index (χ4n) is 2.13. The molecule has 2 rings (SSSR count). The predicted octanol–water partition coefficient (Wildman–Crippen LogP) is 2.30. The van der Waals surface area contributed by atoms with E-state index < -0.39 is 6.10 Å². The van der Waals surface area contributed by atoms with E-state index >= 15 is 0 Å². The van der Waals surface area contributed by atoms with Crippen LogP contribution in [0.15, 0.2) is 30.3 Å². The number of rotatable bonds is 5. The number of carbonyl (C=O) groups is 1. The molecule has 4 heteroatoms. The monoisotopic (exact) mass is 260 g/mol. The Balaban J connectivity index is 1.96. The number of amides is 1. The maximum Gasteiger partial charge on any atom is 0.267 e. The van der Waals surface area contributed by atoms with Crippen LogP contribution in [-0.2, 0) is 0 Å². The molecule has 1 unspecified atom stereocenters. The highest BCUT2D eigenvalue weighted by Crippen LogP contribution is 2.14. The van der Waals surface area contributed by atoms with Gasteiger partial charge < -0.3 is 15.4 Å². The van der Waals surface area contributed by atoms with E-state index in [1.54, 1.807) is 0 Å². The minimum absolute atomic E-state index is 0.181. The Kier molecular flexibility index (Phi) is 4.22. The molecule has 0 bridgehead atoms. The lowest BCUT2D eigenvalue weighted by Gasteiger charge is -2.13. The van der Waals surface area contributed by atoms with Gasteiger partial charge in [0.1, 0.15) is 5.69 Å². The summed E-state index contributed by atoms with van der Waals surface area (Å²) in [4.78, 5) is 15.0. The van der Waals surface area contributed by atoms with Crippen LogP contribution < -0.4 is 5.32 Å². The van der Waals surface area contributed by atoms with Crippen LogP contribution in [-0.4, -0.2) is 28.6 Å². The third-order valence-corrected chi connectivity index (χ3v) is 3.02. The summed E-state index contributed by atoms with van der Waals surface area (Å²) in [6.45, 7) is 4.37. The second kappa shape index (κ2) is 5.89. The quantitative estimate of drug-likeness (QED) is 0.772. The van der Waals surface area contributed by atoms with Crippen molar-refractivity contribution in [3.05, 3.63) is 36.0 Å². The molecular formula is C15H20N2O2. The predicted molar refractivity (Wildman–Crippen MR) is 76.1 cm³/mol. The molecule has 4 nitrogen and oxygen atoms in total. The van der Waals surface area contributed by atoms with Crippen molar-refractivity contribution < 1.29 is 9.90 Å². The minimum Gasteiger partial charge on any atom is -0.391 e. The maximum atomic E-state index is 12.0. The van der Waals surface area contributed by atoms with Crippen LogP contribution in [0.2, 0.25) is 0 Å². The van der Waals surface area contributed by atoms with Crippen molar-refractivity contribution in [2.75, 3.05) is 6.54 Å². The van der Waals surface area contributed by atoms with Gasteiger partial charge in [-0.2, -0.15) is 0 Å². The number of hydrogen-bond acceptors (Lipinski definition) is 2. The van der Waals surface area contributed by atoms with Gasteiger partial charge in [0.05, 0.1) is 6.10 Å². The lowest BCUT2D eigenvalue weighted by Crippen LogP contribution is -2.32. The van der Waals surface area contributed by atoms with E-state index in [0.717, 1.165) is 10.9 Å². The first-order valence-electron chi connectivity index (χ1n) is 6.60. The van der Waals surface area contributed by atoms with E-state index in [4.69, 9.17) is 0 Å². The smallest absolute Gasteiger partial charge is 0.267 e. The third-order valence-electron chi connectivity index (χ3n) is 3.02. The first-order valence-corrected chi connectivity index (χ1v) is 6.60. The summed E-state index contributed by atoms with van der Waals surface area (Å²) in [6, 6.07) is 9.56. The highest BCUT2D eigenvalue weighted by atomic mass is 16.3. The zero-order valence-corrected chi connectivity index (χ0v) is 11.3. The van der Waals surface area contributed by atoms with Crippen molar-refractivity contribution in [1.82, 2.24) is 10.3 Å². The largest absolute Gasteiger partial charge is 0.391 e. The van der Waals surface area contributed by atoms with Crippen molar-refractivity contribution in [2.24, 2.45) is 5.92 Å². The molecule has 1 aromatic heterocycles. The molecule has 2 aromatic rings. The SMILES string of the molecule is CC(C)CC(O)CNC(=O)c1cc2ccccc2[nH]1. The van der Waals surface area contributed by atoms with Crippen molar-refractivity contribution in [3.63, 3.8) is 0 Å². The van der Waals surface area contributed by atoms with E-state index in [-0.39, 0.29) is 12.5 Å². The molecule has 1 amide bonds. The van der Waals surface area contributed by atoms with Crippen LogP contribution >= 0.6 is 0 Å². The highest BCUT2D eigenvalue weighted by Gasteiger charge is 2.12. The van der Waals surface area contributed by atoms with Crippen LogP contribution in [0.3, 0.4) is 0 Å². The molecule has 1 aromatic carbocycles. The second-order valence-electron chi connectivity index (χ2n) is 5.26. The molecule has 0 aliphatic heterocycles. The maximum absolute atomic E-state index is 12.0. The lowest BCUT2D eigenvalue weighted by atomic mass is 10.1. The molecule has 0 radical (unpaired) electrons.